The molecule has 0 aliphatic heterocycles. The second-order valence-electron chi connectivity index (χ2n) is 5.67. The summed E-state index contributed by atoms with van der Waals surface area (Å²) in [5.74, 6) is 0.370. The van der Waals surface area contributed by atoms with E-state index in [4.69, 9.17) is 11.5 Å². The highest BCUT2D eigenvalue weighted by atomic mass is 16.1. The number of amides is 1. The minimum absolute atomic E-state index is 0.352. The first kappa shape index (κ1) is 16.5. The average Bonchev–Trinajstić information content (AvgIpc) is 2.53. The van der Waals surface area contributed by atoms with Crippen molar-refractivity contribution in [2.45, 2.75) is 26.3 Å². The zero-order valence-electron chi connectivity index (χ0n) is 13.4. The molecule has 5 nitrogen and oxygen atoms in total. The first-order valence-electron chi connectivity index (χ1n) is 7.51. The monoisotopic (exact) mass is 310 g/mol. The molecular weight excluding hydrogens is 288 g/mol. The maximum atomic E-state index is 11.0. The molecule has 0 unspecified atom stereocenters. The molecule has 0 aliphatic rings. The number of anilines is 1. The summed E-state index contributed by atoms with van der Waals surface area (Å²) in [5.41, 5.74) is 14.7. The molecule has 23 heavy (non-hydrogen) atoms. The van der Waals surface area contributed by atoms with Gasteiger partial charge >= 0.3 is 0 Å². The van der Waals surface area contributed by atoms with E-state index in [2.05, 4.69) is 36.3 Å². The molecule has 0 radical (unpaired) electrons. The van der Waals surface area contributed by atoms with Gasteiger partial charge in [0.25, 0.3) is 0 Å². The molecular formula is C18H22N4O. The lowest BCUT2D eigenvalue weighted by molar-refractivity contribution is 0.100. The number of guanidine groups is 1. The van der Waals surface area contributed by atoms with Gasteiger partial charge in [0.15, 0.2) is 5.96 Å². The van der Waals surface area contributed by atoms with Crippen LogP contribution in [-0.4, -0.2) is 11.9 Å². The molecule has 0 bridgehead atoms. The van der Waals surface area contributed by atoms with Crippen molar-refractivity contribution in [1.82, 2.24) is 0 Å². The van der Waals surface area contributed by atoms with Crippen LogP contribution in [0.2, 0.25) is 0 Å². The van der Waals surface area contributed by atoms with E-state index in [0.29, 0.717) is 24.0 Å². The van der Waals surface area contributed by atoms with E-state index in [-0.39, 0.29) is 0 Å². The van der Waals surface area contributed by atoms with Crippen LogP contribution in [0.4, 0.5) is 5.69 Å². The number of benzene rings is 2. The van der Waals surface area contributed by atoms with Crippen molar-refractivity contribution in [1.29, 1.82) is 0 Å². The molecule has 5 heteroatoms. The highest BCUT2D eigenvalue weighted by Crippen LogP contribution is 2.18. The van der Waals surface area contributed by atoms with Crippen molar-refractivity contribution in [2.24, 2.45) is 16.5 Å². The molecule has 0 spiro atoms. The number of carbonyl (C=O) groups is 1. The van der Waals surface area contributed by atoms with Crippen LogP contribution < -0.4 is 16.8 Å². The van der Waals surface area contributed by atoms with Crippen LogP contribution in [-0.2, 0) is 6.54 Å². The van der Waals surface area contributed by atoms with Gasteiger partial charge in [-0.05, 0) is 41.3 Å². The fourth-order valence-corrected chi connectivity index (χ4v) is 2.11. The Morgan fingerprint density at radius 3 is 2.43 bits per heavy atom. The number of nitrogens with one attached hydrogen (secondary N) is 1. The number of nitrogens with zero attached hydrogens (tertiary/aromatic N) is 1. The molecule has 2 aromatic carbocycles. The zero-order chi connectivity index (χ0) is 16.8. The number of primary amides is 1. The van der Waals surface area contributed by atoms with Crippen molar-refractivity contribution in [3.05, 3.63) is 65.2 Å². The van der Waals surface area contributed by atoms with Gasteiger partial charge in [-0.3, -0.25) is 4.79 Å². The largest absolute Gasteiger partial charge is 0.370 e. The van der Waals surface area contributed by atoms with Crippen molar-refractivity contribution in [3.8, 4) is 0 Å². The lowest BCUT2D eigenvalue weighted by Crippen LogP contribution is -2.22. The van der Waals surface area contributed by atoms with Crippen LogP contribution in [0.25, 0.3) is 0 Å². The van der Waals surface area contributed by atoms with Crippen molar-refractivity contribution >= 4 is 17.6 Å². The number of aliphatic imine (C=N–C) groups is 1. The highest BCUT2D eigenvalue weighted by molar-refractivity contribution is 5.93. The molecule has 0 heterocycles. The maximum Gasteiger partial charge on any atom is 0.248 e. The molecule has 0 aliphatic carbocycles. The van der Waals surface area contributed by atoms with Gasteiger partial charge in [0, 0.05) is 11.3 Å². The predicted octanol–water partition coefficient (Wildman–Crippen LogP) is 2.84. The lowest BCUT2D eigenvalue weighted by Gasteiger charge is -2.10. The van der Waals surface area contributed by atoms with Crippen LogP contribution in [0.1, 0.15) is 41.3 Å². The first-order chi connectivity index (χ1) is 11.0. The fraction of sp³-hybridized carbons (Fsp3) is 0.222. The quantitative estimate of drug-likeness (QED) is 0.585. The van der Waals surface area contributed by atoms with Crippen LogP contribution in [0.15, 0.2) is 53.5 Å². The molecule has 2 aromatic rings. The summed E-state index contributed by atoms with van der Waals surface area (Å²) in [6.07, 6.45) is 0. The van der Waals surface area contributed by atoms with E-state index < -0.39 is 5.91 Å². The third-order valence-electron chi connectivity index (χ3n) is 3.50. The molecule has 0 fully saturated rings. The van der Waals surface area contributed by atoms with Gasteiger partial charge in [0.05, 0.1) is 6.54 Å². The Hall–Kier alpha value is -2.82. The molecule has 2 rings (SSSR count). The Bertz CT molecular complexity index is 705. The SMILES string of the molecule is CC(C)c1cccc(NC(N)=NCc2ccc(C(N)=O)cc2)c1. The minimum atomic E-state index is -0.439. The smallest absolute Gasteiger partial charge is 0.248 e. The molecule has 120 valence electrons. The lowest BCUT2D eigenvalue weighted by atomic mass is 10.0. The third kappa shape index (κ3) is 4.85. The van der Waals surface area contributed by atoms with E-state index in [1.807, 2.05) is 24.3 Å². The van der Waals surface area contributed by atoms with E-state index in [0.717, 1.165) is 11.3 Å². The standard InChI is InChI=1S/C18H22N4O/c1-12(2)15-4-3-5-16(10-15)22-18(20)21-11-13-6-8-14(9-7-13)17(19)23/h3-10,12H,11H2,1-2H3,(H2,19,23)(H3,20,21,22). The van der Waals surface area contributed by atoms with Gasteiger partial charge in [-0.1, -0.05) is 38.1 Å². The molecule has 0 atom stereocenters. The molecule has 0 aromatic heterocycles. The van der Waals surface area contributed by atoms with E-state index >= 15 is 0 Å². The predicted molar refractivity (Wildman–Crippen MR) is 94.4 cm³/mol. The topological polar surface area (TPSA) is 93.5 Å². The zero-order valence-corrected chi connectivity index (χ0v) is 13.4. The summed E-state index contributed by atoms with van der Waals surface area (Å²) in [7, 11) is 0. The van der Waals surface area contributed by atoms with Crippen LogP contribution in [0.3, 0.4) is 0 Å². The third-order valence-corrected chi connectivity index (χ3v) is 3.50. The summed E-state index contributed by atoms with van der Waals surface area (Å²) in [4.78, 5) is 15.3. The van der Waals surface area contributed by atoms with Crippen LogP contribution >= 0.6 is 0 Å². The molecule has 0 saturated heterocycles. The number of rotatable bonds is 5. The number of carbonyl (C=O) groups excluding carboxylic acids is 1. The minimum Gasteiger partial charge on any atom is -0.370 e. The summed E-state index contributed by atoms with van der Waals surface area (Å²) < 4.78 is 0. The van der Waals surface area contributed by atoms with Gasteiger partial charge in [-0.15, -0.1) is 0 Å². The average molecular weight is 310 g/mol. The normalized spacial score (nSPS) is 11.5. The van der Waals surface area contributed by atoms with E-state index in [1.54, 1.807) is 12.1 Å². The summed E-state index contributed by atoms with van der Waals surface area (Å²) in [6, 6.07) is 15.1. The number of hydrogen-bond donors (Lipinski definition) is 3. The first-order valence-corrected chi connectivity index (χ1v) is 7.51. The molecule has 1 amide bonds. The Morgan fingerprint density at radius 2 is 1.83 bits per heavy atom. The molecule has 0 saturated carbocycles. The van der Waals surface area contributed by atoms with E-state index in [9.17, 15) is 4.79 Å². The van der Waals surface area contributed by atoms with Gasteiger partial charge in [0.1, 0.15) is 0 Å². The van der Waals surface area contributed by atoms with Crippen molar-refractivity contribution in [2.75, 3.05) is 5.32 Å². The summed E-state index contributed by atoms with van der Waals surface area (Å²) in [5, 5.41) is 3.09. The van der Waals surface area contributed by atoms with Crippen molar-refractivity contribution < 1.29 is 4.79 Å². The highest BCUT2D eigenvalue weighted by Gasteiger charge is 2.02. The number of nitrogens with two attached hydrogens (primary N) is 2. The summed E-state index contributed by atoms with van der Waals surface area (Å²) >= 11 is 0. The van der Waals surface area contributed by atoms with E-state index in [1.165, 1.54) is 5.56 Å². The molecule has 5 N–H and O–H groups in total. The van der Waals surface area contributed by atoms with Gasteiger partial charge < -0.3 is 16.8 Å². The Morgan fingerprint density at radius 1 is 1.13 bits per heavy atom. The van der Waals surface area contributed by atoms with Crippen LogP contribution in [0.5, 0.6) is 0 Å². The number of hydrogen-bond acceptors (Lipinski definition) is 2. The van der Waals surface area contributed by atoms with Crippen molar-refractivity contribution in [3.63, 3.8) is 0 Å². The second kappa shape index (κ2) is 7.45. The summed E-state index contributed by atoms with van der Waals surface area (Å²) in [6.45, 7) is 4.72. The van der Waals surface area contributed by atoms with Crippen LogP contribution in [0, 0.1) is 0 Å². The Kier molecular flexibility index (Phi) is 5.36. The van der Waals surface area contributed by atoms with Gasteiger partial charge in [-0.25, -0.2) is 4.99 Å². The Labute approximate surface area is 136 Å². The van der Waals surface area contributed by atoms with Gasteiger partial charge in [-0.2, -0.15) is 0 Å². The maximum absolute atomic E-state index is 11.0. The fourth-order valence-electron chi connectivity index (χ4n) is 2.11. The van der Waals surface area contributed by atoms with Gasteiger partial charge in [0.2, 0.25) is 5.91 Å². The second-order valence-corrected chi connectivity index (χ2v) is 5.67. The Balaban J connectivity index is 2.00.